The summed E-state index contributed by atoms with van der Waals surface area (Å²) in [5, 5.41) is 9.49. The summed E-state index contributed by atoms with van der Waals surface area (Å²) in [4.78, 5) is 9.49. The van der Waals surface area contributed by atoms with E-state index in [1.807, 2.05) is 13.8 Å². The van der Waals surface area contributed by atoms with Crippen molar-refractivity contribution in [1.29, 1.82) is 0 Å². The molecule has 0 amide bonds. The average molecular weight is 115 g/mol. The Labute approximate surface area is 49.8 Å². The highest BCUT2D eigenvalue weighted by Gasteiger charge is 1.76. The van der Waals surface area contributed by atoms with E-state index < -0.39 is 5.97 Å². The Morgan fingerprint density at radius 2 is 1.62 bits per heavy atom. The van der Waals surface area contributed by atoms with Crippen molar-refractivity contribution < 1.29 is 9.90 Å². The average Bonchev–Trinajstić information content (AvgIpc) is 1.72. The number of carbonyl (C=O) groups is 1. The van der Waals surface area contributed by atoms with Gasteiger partial charge in [0.05, 0.1) is 5.97 Å². The zero-order valence-corrected chi connectivity index (χ0v) is 5.52. The molecule has 2 nitrogen and oxygen atoms in total. The van der Waals surface area contributed by atoms with E-state index in [9.17, 15) is 9.90 Å². The molecule has 0 fully saturated rings. The maximum absolute atomic E-state index is 9.49. The van der Waals surface area contributed by atoms with Gasteiger partial charge in [0, 0.05) is 0 Å². The molecule has 0 aliphatic carbocycles. The Morgan fingerprint density at radius 1 is 1.50 bits per heavy atom. The molecule has 0 aliphatic rings. The predicted molar refractivity (Wildman–Crippen MR) is 31.2 cm³/mol. The van der Waals surface area contributed by atoms with E-state index in [1.165, 1.54) is 6.92 Å². The van der Waals surface area contributed by atoms with Gasteiger partial charge in [0.2, 0.25) is 0 Å². The number of carboxylic acid groups (broad SMARTS) is 1. The van der Waals surface area contributed by atoms with Crippen molar-refractivity contribution in [3.05, 3.63) is 12.2 Å². The molecule has 0 rings (SSSR count). The maximum atomic E-state index is 9.49. The van der Waals surface area contributed by atoms with E-state index in [2.05, 4.69) is 6.58 Å². The van der Waals surface area contributed by atoms with Crippen molar-refractivity contribution in [3.63, 3.8) is 0 Å². The number of hydrogen-bond donors (Lipinski definition) is 0. The van der Waals surface area contributed by atoms with Gasteiger partial charge >= 0.3 is 0 Å². The summed E-state index contributed by atoms with van der Waals surface area (Å²) in [6.45, 7) is 8.48. The first-order valence-corrected chi connectivity index (χ1v) is 2.51. The second kappa shape index (κ2) is 6.21. The summed E-state index contributed by atoms with van der Waals surface area (Å²) >= 11 is 0. The number of carboxylic acids is 1. The van der Waals surface area contributed by atoms with Gasteiger partial charge < -0.3 is 9.90 Å². The molecule has 8 heavy (non-hydrogen) atoms. The van der Waals surface area contributed by atoms with Gasteiger partial charge in [-0.1, -0.05) is 20.4 Å². The largest absolute Gasteiger partial charge is 0.545 e. The van der Waals surface area contributed by atoms with E-state index in [0.717, 1.165) is 0 Å². The van der Waals surface area contributed by atoms with Crippen molar-refractivity contribution in [2.75, 3.05) is 0 Å². The Morgan fingerprint density at radius 3 is 1.62 bits per heavy atom. The first-order valence-electron chi connectivity index (χ1n) is 2.51. The standard InChI is InChI=1S/C4H6O2.C2H6/c1-3(2)4(5)6;1-2/h1H2,2H3,(H,5,6);1-2H3/p-1. The third kappa shape index (κ3) is 8.96. The van der Waals surface area contributed by atoms with Crippen LogP contribution >= 0.6 is 0 Å². The van der Waals surface area contributed by atoms with Crippen molar-refractivity contribution in [1.82, 2.24) is 0 Å². The predicted octanol–water partition coefficient (Wildman–Crippen LogP) is 0.339. The molecule has 0 aromatic rings. The summed E-state index contributed by atoms with van der Waals surface area (Å²) in [5.41, 5.74) is 0.0648. The molecular formula is C6H11O2-. The Hall–Kier alpha value is -0.790. The molecule has 0 aromatic carbocycles. The fourth-order valence-electron chi connectivity index (χ4n) is 0. The highest BCUT2D eigenvalue weighted by Crippen LogP contribution is 1.77. The van der Waals surface area contributed by atoms with E-state index >= 15 is 0 Å². The monoisotopic (exact) mass is 115 g/mol. The topological polar surface area (TPSA) is 40.1 Å². The number of carbonyl (C=O) groups excluding carboxylic acids is 1. The fraction of sp³-hybridized carbons (Fsp3) is 0.500. The van der Waals surface area contributed by atoms with Crippen LogP contribution in [0, 0.1) is 0 Å². The zero-order valence-electron chi connectivity index (χ0n) is 5.52. The van der Waals surface area contributed by atoms with Gasteiger partial charge in [-0.3, -0.25) is 0 Å². The minimum Gasteiger partial charge on any atom is -0.545 e. The van der Waals surface area contributed by atoms with Crippen molar-refractivity contribution >= 4 is 5.97 Å². The third-order valence-electron chi connectivity index (χ3n) is 0.348. The first-order chi connectivity index (χ1) is 3.64. The summed E-state index contributed by atoms with van der Waals surface area (Å²) in [6, 6.07) is 0. The molecule has 0 bridgehead atoms. The summed E-state index contributed by atoms with van der Waals surface area (Å²) < 4.78 is 0. The third-order valence-corrected chi connectivity index (χ3v) is 0.348. The molecule has 0 saturated carbocycles. The quantitative estimate of drug-likeness (QED) is 0.462. The molecule has 0 saturated heterocycles. The molecule has 0 atom stereocenters. The van der Waals surface area contributed by atoms with E-state index in [-0.39, 0.29) is 5.57 Å². The first kappa shape index (κ1) is 10.2. The molecule has 0 aliphatic heterocycles. The van der Waals surface area contributed by atoms with Gasteiger partial charge in [-0.2, -0.15) is 0 Å². The summed E-state index contributed by atoms with van der Waals surface area (Å²) in [6.07, 6.45) is 0. The molecule has 0 aromatic heterocycles. The van der Waals surface area contributed by atoms with Crippen LogP contribution in [0.1, 0.15) is 20.8 Å². The van der Waals surface area contributed by atoms with Crippen molar-refractivity contribution in [3.8, 4) is 0 Å². The highest BCUT2D eigenvalue weighted by atomic mass is 16.4. The zero-order chi connectivity index (χ0) is 7.15. The minimum atomic E-state index is -1.19. The van der Waals surface area contributed by atoms with Crippen LogP contribution in [0.4, 0.5) is 0 Å². The smallest absolute Gasteiger partial charge is 0.0666 e. The SMILES string of the molecule is C=C(C)C(=O)[O-].CC. The molecular weight excluding hydrogens is 104 g/mol. The Balaban J connectivity index is 0. The van der Waals surface area contributed by atoms with E-state index in [1.54, 1.807) is 0 Å². The lowest BCUT2D eigenvalue weighted by Gasteiger charge is -1.93. The fourth-order valence-corrected chi connectivity index (χ4v) is 0. The Bertz CT molecular complexity index is 72.5. The van der Waals surface area contributed by atoms with Gasteiger partial charge in [0.1, 0.15) is 0 Å². The van der Waals surface area contributed by atoms with Crippen LogP contribution in [0.3, 0.4) is 0 Å². The van der Waals surface area contributed by atoms with Crippen molar-refractivity contribution in [2.24, 2.45) is 0 Å². The summed E-state index contributed by atoms with van der Waals surface area (Å²) in [7, 11) is 0. The van der Waals surface area contributed by atoms with Crippen LogP contribution in [0.2, 0.25) is 0 Å². The number of aliphatic carboxylic acids is 1. The van der Waals surface area contributed by atoms with Crippen LogP contribution in [-0.2, 0) is 4.79 Å². The Kier molecular flexibility index (Phi) is 7.95. The molecule has 0 unspecified atom stereocenters. The lowest BCUT2D eigenvalue weighted by Crippen LogP contribution is -2.22. The van der Waals surface area contributed by atoms with Gasteiger partial charge in [-0.05, 0) is 12.5 Å². The molecule has 0 spiro atoms. The van der Waals surface area contributed by atoms with Gasteiger partial charge in [0.25, 0.3) is 0 Å². The normalized spacial score (nSPS) is 6.38. The van der Waals surface area contributed by atoms with Crippen LogP contribution in [-0.4, -0.2) is 5.97 Å². The molecule has 0 heterocycles. The molecule has 0 radical (unpaired) electrons. The van der Waals surface area contributed by atoms with Crippen LogP contribution in [0.25, 0.3) is 0 Å². The minimum absolute atomic E-state index is 0.0648. The molecule has 0 N–H and O–H groups in total. The van der Waals surface area contributed by atoms with Gasteiger partial charge in [-0.25, -0.2) is 0 Å². The molecule has 48 valence electrons. The van der Waals surface area contributed by atoms with Crippen LogP contribution < -0.4 is 5.11 Å². The number of hydrogen-bond acceptors (Lipinski definition) is 2. The van der Waals surface area contributed by atoms with Gasteiger partial charge in [-0.15, -0.1) is 0 Å². The van der Waals surface area contributed by atoms with Crippen LogP contribution in [0.5, 0.6) is 0 Å². The maximum Gasteiger partial charge on any atom is 0.0666 e. The van der Waals surface area contributed by atoms with Gasteiger partial charge in [0.15, 0.2) is 0 Å². The lowest BCUT2D eigenvalue weighted by molar-refractivity contribution is -0.299. The molecule has 2 heteroatoms. The van der Waals surface area contributed by atoms with Crippen LogP contribution in [0.15, 0.2) is 12.2 Å². The highest BCUT2D eigenvalue weighted by molar-refractivity contribution is 5.82. The summed E-state index contributed by atoms with van der Waals surface area (Å²) in [5.74, 6) is -1.19. The second-order valence-electron chi connectivity index (χ2n) is 1.07. The second-order valence-corrected chi connectivity index (χ2v) is 1.07. The van der Waals surface area contributed by atoms with E-state index in [4.69, 9.17) is 0 Å². The number of rotatable bonds is 1. The van der Waals surface area contributed by atoms with E-state index in [0.29, 0.717) is 0 Å². The van der Waals surface area contributed by atoms with Crippen molar-refractivity contribution in [2.45, 2.75) is 20.8 Å². The lowest BCUT2D eigenvalue weighted by atomic mass is 10.4.